The van der Waals surface area contributed by atoms with Crippen LogP contribution in [0.25, 0.3) is 0 Å². The minimum atomic E-state index is -0.771. The Bertz CT molecular complexity index is 472. The summed E-state index contributed by atoms with van der Waals surface area (Å²) in [6.07, 6.45) is 10.1. The SMILES string of the molecule is CCCNC1(C(=O)O)CCCC(n2ccnc2CCC)C1. The molecule has 1 aliphatic carbocycles. The minimum absolute atomic E-state index is 0.239. The number of carboxylic acids is 1. The molecule has 0 spiro atoms. The summed E-state index contributed by atoms with van der Waals surface area (Å²) in [6, 6.07) is 0.239. The molecule has 0 bridgehead atoms. The standard InChI is InChI=1S/C16H27N3O2/c1-3-6-14-17-10-11-19(14)13-7-5-8-16(12-13,15(20)21)18-9-4-2/h10-11,13,18H,3-9,12H2,1-2H3,(H,20,21). The van der Waals surface area contributed by atoms with E-state index >= 15 is 0 Å². The highest BCUT2D eigenvalue weighted by atomic mass is 16.4. The first-order valence-electron chi connectivity index (χ1n) is 8.13. The topological polar surface area (TPSA) is 67.2 Å². The zero-order chi connectivity index (χ0) is 15.3. The quantitative estimate of drug-likeness (QED) is 0.811. The lowest BCUT2D eigenvalue weighted by Crippen LogP contribution is -2.55. The first kappa shape index (κ1) is 16.0. The summed E-state index contributed by atoms with van der Waals surface area (Å²) in [7, 11) is 0. The van der Waals surface area contributed by atoms with Gasteiger partial charge in [-0.15, -0.1) is 0 Å². The predicted octanol–water partition coefficient (Wildman–Crippen LogP) is 2.77. The summed E-state index contributed by atoms with van der Waals surface area (Å²) in [4.78, 5) is 16.3. The van der Waals surface area contributed by atoms with Gasteiger partial charge in [-0.25, -0.2) is 4.98 Å². The van der Waals surface area contributed by atoms with Crippen LogP contribution in [-0.2, 0) is 11.2 Å². The highest BCUT2D eigenvalue weighted by Gasteiger charge is 2.43. The lowest BCUT2D eigenvalue weighted by atomic mass is 9.78. The van der Waals surface area contributed by atoms with Crippen molar-refractivity contribution in [1.29, 1.82) is 0 Å². The second-order valence-corrected chi connectivity index (χ2v) is 6.06. The highest BCUT2D eigenvalue weighted by molar-refractivity contribution is 5.79. The van der Waals surface area contributed by atoms with E-state index in [1.54, 1.807) is 0 Å². The number of carbonyl (C=O) groups is 1. The van der Waals surface area contributed by atoms with Crippen molar-refractivity contribution < 1.29 is 9.90 Å². The molecular formula is C16H27N3O2. The molecule has 2 atom stereocenters. The number of nitrogens with one attached hydrogen (secondary N) is 1. The molecule has 1 aromatic heterocycles. The third-order valence-electron chi connectivity index (χ3n) is 4.46. The summed E-state index contributed by atoms with van der Waals surface area (Å²) in [5.41, 5.74) is -0.771. The molecule has 2 N–H and O–H groups in total. The van der Waals surface area contributed by atoms with Crippen molar-refractivity contribution >= 4 is 5.97 Å². The van der Waals surface area contributed by atoms with Gasteiger partial charge in [0, 0.05) is 24.9 Å². The Morgan fingerprint density at radius 2 is 2.33 bits per heavy atom. The Morgan fingerprint density at radius 1 is 1.52 bits per heavy atom. The van der Waals surface area contributed by atoms with Gasteiger partial charge >= 0.3 is 5.97 Å². The zero-order valence-electron chi connectivity index (χ0n) is 13.1. The van der Waals surface area contributed by atoms with E-state index in [1.807, 2.05) is 12.4 Å². The maximum absolute atomic E-state index is 11.8. The molecule has 1 aromatic rings. The molecule has 21 heavy (non-hydrogen) atoms. The Labute approximate surface area is 126 Å². The smallest absolute Gasteiger partial charge is 0.323 e. The Morgan fingerprint density at radius 3 is 3.00 bits per heavy atom. The molecule has 1 fully saturated rings. The second-order valence-electron chi connectivity index (χ2n) is 6.06. The van der Waals surface area contributed by atoms with Crippen molar-refractivity contribution in [1.82, 2.24) is 14.9 Å². The monoisotopic (exact) mass is 293 g/mol. The van der Waals surface area contributed by atoms with Gasteiger partial charge in [0.15, 0.2) is 0 Å². The number of carboxylic acid groups (broad SMARTS) is 1. The van der Waals surface area contributed by atoms with Crippen LogP contribution in [0, 0.1) is 0 Å². The number of hydrogen-bond donors (Lipinski definition) is 2. The van der Waals surface area contributed by atoms with Gasteiger partial charge in [-0.3, -0.25) is 4.79 Å². The Hall–Kier alpha value is -1.36. The van der Waals surface area contributed by atoms with Crippen LogP contribution in [0.3, 0.4) is 0 Å². The van der Waals surface area contributed by atoms with Crippen LogP contribution >= 0.6 is 0 Å². The molecule has 0 saturated heterocycles. The van der Waals surface area contributed by atoms with Crippen molar-refractivity contribution in [2.24, 2.45) is 0 Å². The van der Waals surface area contributed by atoms with E-state index in [-0.39, 0.29) is 6.04 Å². The molecule has 118 valence electrons. The van der Waals surface area contributed by atoms with Gasteiger partial charge in [-0.05, 0) is 45.1 Å². The molecule has 1 aliphatic rings. The number of hydrogen-bond acceptors (Lipinski definition) is 3. The minimum Gasteiger partial charge on any atom is -0.480 e. The molecule has 1 heterocycles. The Balaban J connectivity index is 2.18. The molecule has 0 aromatic carbocycles. The summed E-state index contributed by atoms with van der Waals surface area (Å²) >= 11 is 0. The molecule has 0 aliphatic heterocycles. The molecule has 0 amide bonds. The van der Waals surface area contributed by atoms with E-state index in [2.05, 4.69) is 28.7 Å². The van der Waals surface area contributed by atoms with Crippen LogP contribution in [0.4, 0.5) is 0 Å². The largest absolute Gasteiger partial charge is 0.480 e. The summed E-state index contributed by atoms with van der Waals surface area (Å²) < 4.78 is 2.20. The molecule has 0 radical (unpaired) electrons. The van der Waals surface area contributed by atoms with Gasteiger partial charge in [-0.1, -0.05) is 13.8 Å². The third kappa shape index (κ3) is 3.46. The van der Waals surface area contributed by atoms with E-state index in [4.69, 9.17) is 0 Å². The van der Waals surface area contributed by atoms with E-state index < -0.39 is 11.5 Å². The Kier molecular flexibility index (Phi) is 5.39. The fourth-order valence-corrected chi connectivity index (χ4v) is 3.37. The van der Waals surface area contributed by atoms with Crippen molar-refractivity contribution in [3.8, 4) is 0 Å². The fourth-order valence-electron chi connectivity index (χ4n) is 3.37. The number of imidazole rings is 1. The van der Waals surface area contributed by atoms with Crippen LogP contribution < -0.4 is 5.32 Å². The number of nitrogens with zero attached hydrogens (tertiary/aromatic N) is 2. The van der Waals surface area contributed by atoms with E-state index in [0.29, 0.717) is 6.42 Å². The van der Waals surface area contributed by atoms with Crippen molar-refractivity contribution in [2.75, 3.05) is 6.54 Å². The molecule has 5 nitrogen and oxygen atoms in total. The summed E-state index contributed by atoms with van der Waals surface area (Å²) in [6.45, 7) is 4.97. The summed E-state index contributed by atoms with van der Waals surface area (Å²) in [5.74, 6) is 0.372. The van der Waals surface area contributed by atoms with Gasteiger partial charge < -0.3 is 15.0 Å². The van der Waals surface area contributed by atoms with Crippen LogP contribution in [0.1, 0.15) is 64.2 Å². The normalized spacial score (nSPS) is 25.9. The van der Waals surface area contributed by atoms with Crippen LogP contribution in [0.5, 0.6) is 0 Å². The number of aryl methyl sites for hydroxylation is 1. The molecule has 1 saturated carbocycles. The maximum atomic E-state index is 11.8. The summed E-state index contributed by atoms with van der Waals surface area (Å²) in [5, 5.41) is 13.0. The lowest BCUT2D eigenvalue weighted by Gasteiger charge is -2.39. The first-order valence-corrected chi connectivity index (χ1v) is 8.13. The van der Waals surface area contributed by atoms with Crippen LogP contribution in [0.2, 0.25) is 0 Å². The average molecular weight is 293 g/mol. The van der Waals surface area contributed by atoms with Crippen LogP contribution in [0.15, 0.2) is 12.4 Å². The number of aromatic nitrogens is 2. The number of rotatable bonds is 7. The fraction of sp³-hybridized carbons (Fsp3) is 0.750. The second kappa shape index (κ2) is 7.07. The average Bonchev–Trinajstić information content (AvgIpc) is 2.94. The van der Waals surface area contributed by atoms with Gasteiger partial charge in [-0.2, -0.15) is 0 Å². The van der Waals surface area contributed by atoms with E-state index in [9.17, 15) is 9.90 Å². The van der Waals surface area contributed by atoms with Crippen LogP contribution in [-0.4, -0.2) is 32.7 Å². The highest BCUT2D eigenvalue weighted by Crippen LogP contribution is 2.36. The van der Waals surface area contributed by atoms with Crippen molar-refractivity contribution in [3.63, 3.8) is 0 Å². The maximum Gasteiger partial charge on any atom is 0.323 e. The molecule has 5 heteroatoms. The third-order valence-corrected chi connectivity index (χ3v) is 4.46. The number of aliphatic carboxylic acids is 1. The molecule has 2 rings (SSSR count). The van der Waals surface area contributed by atoms with Gasteiger partial charge in [0.25, 0.3) is 0 Å². The predicted molar refractivity (Wildman–Crippen MR) is 82.4 cm³/mol. The molecular weight excluding hydrogens is 266 g/mol. The van der Waals surface area contributed by atoms with E-state index in [0.717, 1.165) is 50.9 Å². The van der Waals surface area contributed by atoms with Gasteiger partial charge in [0.05, 0.1) is 0 Å². The molecule has 2 unspecified atom stereocenters. The van der Waals surface area contributed by atoms with Gasteiger partial charge in [0.1, 0.15) is 11.4 Å². The lowest BCUT2D eigenvalue weighted by molar-refractivity contribution is -0.147. The van der Waals surface area contributed by atoms with E-state index in [1.165, 1.54) is 0 Å². The van der Waals surface area contributed by atoms with Crippen molar-refractivity contribution in [3.05, 3.63) is 18.2 Å². The van der Waals surface area contributed by atoms with Gasteiger partial charge in [0.2, 0.25) is 0 Å². The zero-order valence-corrected chi connectivity index (χ0v) is 13.1. The van der Waals surface area contributed by atoms with Crippen molar-refractivity contribution in [2.45, 2.75) is 70.4 Å². The first-order chi connectivity index (χ1) is 10.1.